The lowest BCUT2D eigenvalue weighted by Gasteiger charge is -2.48. The van der Waals surface area contributed by atoms with E-state index < -0.39 is 0 Å². The third-order valence-electron chi connectivity index (χ3n) is 5.91. The van der Waals surface area contributed by atoms with Crippen molar-refractivity contribution in [3.63, 3.8) is 0 Å². The van der Waals surface area contributed by atoms with Crippen LogP contribution in [0.5, 0.6) is 0 Å². The van der Waals surface area contributed by atoms with Gasteiger partial charge in [-0.1, -0.05) is 18.2 Å². The quantitative estimate of drug-likeness (QED) is 0.688. The first-order valence-corrected chi connectivity index (χ1v) is 9.81. The van der Waals surface area contributed by atoms with Gasteiger partial charge in [-0.2, -0.15) is 0 Å². The number of nitrogens with zero attached hydrogens (tertiary/aromatic N) is 6. The molecule has 0 amide bonds. The monoisotopic (exact) mass is 376 g/mol. The van der Waals surface area contributed by atoms with Crippen LogP contribution in [0.1, 0.15) is 0 Å². The highest BCUT2D eigenvalue weighted by atomic mass is 16.1. The fourth-order valence-corrected chi connectivity index (χ4v) is 4.20. The Hall–Kier alpha value is -2.93. The highest BCUT2D eigenvalue weighted by Crippen LogP contribution is 2.24. The molecule has 1 aromatic carbocycles. The highest BCUT2D eigenvalue weighted by molar-refractivity contribution is 5.78. The third-order valence-corrected chi connectivity index (χ3v) is 5.91. The van der Waals surface area contributed by atoms with Crippen molar-refractivity contribution >= 4 is 22.7 Å². The van der Waals surface area contributed by atoms with Crippen LogP contribution in [-0.4, -0.2) is 64.7 Å². The maximum absolute atomic E-state index is 12.6. The van der Waals surface area contributed by atoms with Crippen molar-refractivity contribution in [3.05, 3.63) is 59.0 Å². The van der Waals surface area contributed by atoms with Crippen molar-refractivity contribution in [1.29, 1.82) is 0 Å². The van der Waals surface area contributed by atoms with Crippen LogP contribution in [0.3, 0.4) is 0 Å². The highest BCUT2D eigenvalue weighted by Gasteiger charge is 2.35. The van der Waals surface area contributed by atoms with E-state index in [2.05, 4.69) is 25.8 Å². The van der Waals surface area contributed by atoms with Gasteiger partial charge in [0.1, 0.15) is 5.82 Å². The fourth-order valence-electron chi connectivity index (χ4n) is 4.20. The number of fused-ring (bicyclic) bond motifs is 1. The smallest absolute Gasteiger partial charge is 0.262 e. The zero-order chi connectivity index (χ0) is 19.1. The van der Waals surface area contributed by atoms with E-state index in [1.807, 2.05) is 49.6 Å². The van der Waals surface area contributed by atoms with Gasteiger partial charge in [0.25, 0.3) is 5.56 Å². The van der Waals surface area contributed by atoms with Gasteiger partial charge in [-0.25, -0.2) is 9.97 Å². The summed E-state index contributed by atoms with van der Waals surface area (Å²) in [5.74, 6) is 1.83. The minimum atomic E-state index is 0.0213. The SMILES string of the molecule is Cn1c(N2CC(N3CCN(c4ccccn4)CC3)C2)nc2ccccc2c1=O. The number of benzene rings is 1. The summed E-state index contributed by atoms with van der Waals surface area (Å²) in [6.45, 7) is 5.92. The topological polar surface area (TPSA) is 57.5 Å². The Labute approximate surface area is 163 Å². The average molecular weight is 376 g/mol. The average Bonchev–Trinajstić information content (AvgIpc) is 2.72. The van der Waals surface area contributed by atoms with Crippen LogP contribution < -0.4 is 15.4 Å². The molecule has 4 heterocycles. The molecule has 7 heteroatoms. The van der Waals surface area contributed by atoms with E-state index in [9.17, 15) is 4.79 Å². The minimum absolute atomic E-state index is 0.0213. The van der Waals surface area contributed by atoms with E-state index >= 15 is 0 Å². The molecule has 0 saturated carbocycles. The summed E-state index contributed by atoms with van der Waals surface area (Å²) in [6, 6.07) is 14.2. The molecular formula is C21H24N6O. The molecule has 144 valence electrons. The second-order valence-electron chi connectivity index (χ2n) is 7.56. The zero-order valence-corrected chi connectivity index (χ0v) is 16.0. The van der Waals surface area contributed by atoms with Gasteiger partial charge >= 0.3 is 0 Å². The Morgan fingerprint density at radius 2 is 1.68 bits per heavy atom. The van der Waals surface area contributed by atoms with Gasteiger partial charge in [-0.3, -0.25) is 14.3 Å². The number of piperazine rings is 1. The lowest BCUT2D eigenvalue weighted by atomic mass is 10.1. The molecule has 0 N–H and O–H groups in total. The van der Waals surface area contributed by atoms with Gasteiger partial charge in [-0.05, 0) is 24.3 Å². The van der Waals surface area contributed by atoms with Crippen molar-refractivity contribution in [2.45, 2.75) is 6.04 Å². The summed E-state index contributed by atoms with van der Waals surface area (Å²) >= 11 is 0. The van der Waals surface area contributed by atoms with Crippen molar-refractivity contribution in [2.75, 3.05) is 49.1 Å². The van der Waals surface area contributed by atoms with Crippen LogP contribution in [-0.2, 0) is 7.05 Å². The number of para-hydroxylation sites is 1. The number of hydrogen-bond donors (Lipinski definition) is 0. The lowest BCUT2D eigenvalue weighted by molar-refractivity contribution is 0.155. The van der Waals surface area contributed by atoms with E-state index in [0.29, 0.717) is 11.4 Å². The molecule has 2 fully saturated rings. The Kier molecular flexibility index (Phi) is 4.24. The predicted molar refractivity (Wildman–Crippen MR) is 111 cm³/mol. The molecule has 28 heavy (non-hydrogen) atoms. The Balaban J connectivity index is 1.24. The van der Waals surface area contributed by atoms with Crippen molar-refractivity contribution in [2.24, 2.45) is 7.05 Å². The molecular weight excluding hydrogens is 352 g/mol. The van der Waals surface area contributed by atoms with Gasteiger partial charge < -0.3 is 9.80 Å². The first-order valence-electron chi connectivity index (χ1n) is 9.81. The number of anilines is 2. The van der Waals surface area contributed by atoms with Crippen molar-refractivity contribution in [1.82, 2.24) is 19.4 Å². The van der Waals surface area contributed by atoms with Crippen LogP contribution in [0.25, 0.3) is 10.9 Å². The standard InChI is InChI=1S/C21H24N6O/c1-24-20(28)17-6-2-3-7-18(17)23-21(24)27-14-16(15-27)25-10-12-26(13-11-25)19-8-4-5-9-22-19/h2-9,16H,10-15H2,1H3. The predicted octanol–water partition coefficient (Wildman–Crippen LogP) is 1.34. The lowest BCUT2D eigenvalue weighted by Crippen LogP contribution is -2.64. The summed E-state index contributed by atoms with van der Waals surface area (Å²) < 4.78 is 1.68. The normalized spacial score (nSPS) is 18.5. The summed E-state index contributed by atoms with van der Waals surface area (Å²) in [6.07, 6.45) is 1.85. The number of pyridine rings is 1. The van der Waals surface area contributed by atoms with Gasteiger partial charge in [-0.15, -0.1) is 0 Å². The first-order chi connectivity index (χ1) is 13.7. The molecule has 2 aromatic heterocycles. The van der Waals surface area contributed by atoms with Crippen molar-refractivity contribution < 1.29 is 0 Å². The summed E-state index contributed by atoms with van der Waals surface area (Å²) in [4.78, 5) is 28.9. The molecule has 7 nitrogen and oxygen atoms in total. The Morgan fingerprint density at radius 3 is 2.43 bits per heavy atom. The van der Waals surface area contributed by atoms with Crippen molar-refractivity contribution in [3.8, 4) is 0 Å². The molecule has 0 atom stereocenters. The van der Waals surface area contributed by atoms with E-state index in [0.717, 1.165) is 56.6 Å². The first kappa shape index (κ1) is 17.2. The van der Waals surface area contributed by atoms with E-state index in [1.165, 1.54) is 0 Å². The third kappa shape index (κ3) is 2.92. The van der Waals surface area contributed by atoms with Crippen LogP contribution in [0, 0.1) is 0 Å². The fraction of sp³-hybridized carbons (Fsp3) is 0.381. The maximum atomic E-state index is 12.6. The number of aromatic nitrogens is 3. The molecule has 0 spiro atoms. The largest absolute Gasteiger partial charge is 0.354 e. The minimum Gasteiger partial charge on any atom is -0.354 e. The summed E-state index contributed by atoms with van der Waals surface area (Å²) in [7, 11) is 1.82. The van der Waals surface area contributed by atoms with Gasteiger partial charge in [0.05, 0.1) is 10.9 Å². The molecule has 3 aromatic rings. The van der Waals surface area contributed by atoms with Crippen LogP contribution in [0.2, 0.25) is 0 Å². The molecule has 0 bridgehead atoms. The number of hydrogen-bond acceptors (Lipinski definition) is 6. The molecule has 2 aliphatic heterocycles. The van der Waals surface area contributed by atoms with Gasteiger partial charge in [0, 0.05) is 58.6 Å². The molecule has 5 rings (SSSR count). The van der Waals surface area contributed by atoms with Gasteiger partial charge in [0.2, 0.25) is 5.95 Å². The van der Waals surface area contributed by atoms with Crippen LogP contribution in [0.4, 0.5) is 11.8 Å². The molecule has 0 aliphatic carbocycles. The molecule has 0 unspecified atom stereocenters. The Morgan fingerprint density at radius 1 is 0.929 bits per heavy atom. The molecule has 2 aliphatic rings. The molecule has 0 radical (unpaired) electrons. The summed E-state index contributed by atoms with van der Waals surface area (Å²) in [5, 5.41) is 0.677. The van der Waals surface area contributed by atoms with Crippen LogP contribution in [0.15, 0.2) is 53.5 Å². The zero-order valence-electron chi connectivity index (χ0n) is 16.0. The van der Waals surface area contributed by atoms with E-state index in [1.54, 1.807) is 4.57 Å². The maximum Gasteiger partial charge on any atom is 0.262 e. The van der Waals surface area contributed by atoms with E-state index in [4.69, 9.17) is 4.98 Å². The second kappa shape index (κ2) is 6.91. The molecule has 2 saturated heterocycles. The van der Waals surface area contributed by atoms with Gasteiger partial charge in [0.15, 0.2) is 0 Å². The van der Waals surface area contributed by atoms with E-state index in [-0.39, 0.29) is 5.56 Å². The number of rotatable bonds is 3. The summed E-state index contributed by atoms with van der Waals surface area (Å²) in [5.41, 5.74) is 0.793. The second-order valence-corrected chi connectivity index (χ2v) is 7.56. The Bertz CT molecular complexity index is 1040. The van der Waals surface area contributed by atoms with Crippen LogP contribution >= 0.6 is 0 Å².